The Balaban J connectivity index is 2.51. The van der Waals surface area contributed by atoms with Crippen molar-refractivity contribution in [2.45, 2.75) is 13.5 Å². The first-order valence-electron chi connectivity index (χ1n) is 6.47. The van der Waals surface area contributed by atoms with Crippen LogP contribution in [0.1, 0.15) is 6.92 Å². The summed E-state index contributed by atoms with van der Waals surface area (Å²) < 4.78 is 12.5. The molecule has 1 aromatic heterocycles. The van der Waals surface area contributed by atoms with Crippen LogP contribution in [0.2, 0.25) is 5.15 Å². The lowest BCUT2D eigenvalue weighted by Gasteiger charge is -2.09. The average Bonchev–Trinajstić information content (AvgIpc) is 2.47. The zero-order valence-electron chi connectivity index (χ0n) is 11.5. The number of nitrogens with zero attached hydrogens (tertiary/aromatic N) is 1. The van der Waals surface area contributed by atoms with Gasteiger partial charge in [0.2, 0.25) is 0 Å². The lowest BCUT2D eigenvalue weighted by Crippen LogP contribution is -2.37. The van der Waals surface area contributed by atoms with Gasteiger partial charge in [0.25, 0.3) is 5.56 Å². The summed E-state index contributed by atoms with van der Waals surface area (Å²) in [5, 5.41) is 0.0177. The zero-order valence-corrected chi connectivity index (χ0v) is 13.0. The molecule has 1 N–H and O–H groups in total. The molecule has 0 aliphatic carbocycles. The van der Waals surface area contributed by atoms with Gasteiger partial charge in [-0.05, 0) is 5.56 Å². The Morgan fingerprint density at radius 1 is 1.24 bits per heavy atom. The lowest BCUT2D eigenvalue weighted by atomic mass is 10.1. The van der Waals surface area contributed by atoms with E-state index in [9.17, 15) is 13.8 Å². The van der Waals surface area contributed by atoms with Gasteiger partial charge in [-0.2, -0.15) is 0 Å². The van der Waals surface area contributed by atoms with Crippen molar-refractivity contribution in [3.63, 3.8) is 0 Å². The van der Waals surface area contributed by atoms with E-state index in [-0.39, 0.29) is 23.0 Å². The molecule has 2 aromatic rings. The Hall–Kier alpha value is -1.66. The van der Waals surface area contributed by atoms with Gasteiger partial charge in [-0.1, -0.05) is 48.9 Å². The van der Waals surface area contributed by atoms with Gasteiger partial charge in [-0.15, -0.1) is 0 Å². The van der Waals surface area contributed by atoms with Gasteiger partial charge in [0.15, 0.2) is 0 Å². The minimum atomic E-state index is -1.05. The number of aromatic amines is 1. The summed E-state index contributed by atoms with van der Waals surface area (Å²) in [5.74, 6) is 0.751. The first-order chi connectivity index (χ1) is 10.0. The van der Waals surface area contributed by atoms with E-state index in [1.807, 2.05) is 6.07 Å². The van der Waals surface area contributed by atoms with Crippen LogP contribution in [0.25, 0.3) is 11.1 Å². The number of hydrogen-bond donors (Lipinski definition) is 1. The van der Waals surface area contributed by atoms with Crippen molar-refractivity contribution in [1.29, 1.82) is 0 Å². The van der Waals surface area contributed by atoms with Crippen LogP contribution < -0.4 is 11.2 Å². The molecule has 2 rings (SSSR count). The molecule has 21 heavy (non-hydrogen) atoms. The highest BCUT2D eigenvalue weighted by Crippen LogP contribution is 2.20. The molecule has 5 nitrogen and oxygen atoms in total. The maximum absolute atomic E-state index is 12.5. The number of hydrogen-bond acceptors (Lipinski definition) is 3. The summed E-state index contributed by atoms with van der Waals surface area (Å²) in [6.07, 6.45) is 0. The molecule has 0 aliphatic heterocycles. The molecule has 0 spiro atoms. The van der Waals surface area contributed by atoms with Crippen LogP contribution in [0.15, 0.2) is 39.9 Å². The first-order valence-corrected chi connectivity index (χ1v) is 8.34. The standard InChI is InChI=1S/C14H15ClN2O3S/c1-2-21(20)9-8-17-13(18)11(12(15)16-14(17)19)10-6-4-3-5-7-10/h3-7H,2,8-9H2,1H3,(H,16,19). The van der Waals surface area contributed by atoms with E-state index in [4.69, 9.17) is 11.6 Å². The maximum atomic E-state index is 12.5. The molecule has 0 fully saturated rings. The van der Waals surface area contributed by atoms with E-state index in [1.165, 1.54) is 0 Å². The molecule has 1 atom stereocenters. The predicted octanol–water partition coefficient (Wildman–Crippen LogP) is 1.63. The molecule has 0 saturated carbocycles. The van der Waals surface area contributed by atoms with Gasteiger partial charge in [0.05, 0.1) is 5.56 Å². The highest BCUT2D eigenvalue weighted by molar-refractivity contribution is 7.84. The van der Waals surface area contributed by atoms with Crippen molar-refractivity contribution in [3.8, 4) is 11.1 Å². The SMILES string of the molecule is CCS(=O)CCn1c(=O)[nH]c(Cl)c(-c2ccccc2)c1=O. The second kappa shape index (κ2) is 6.87. The average molecular weight is 327 g/mol. The highest BCUT2D eigenvalue weighted by atomic mass is 35.5. The molecule has 1 aromatic carbocycles. The number of halogens is 1. The third-order valence-corrected chi connectivity index (χ3v) is 4.63. The lowest BCUT2D eigenvalue weighted by molar-refractivity contribution is 0.654. The smallest absolute Gasteiger partial charge is 0.297 e. The fourth-order valence-corrected chi connectivity index (χ4v) is 2.89. The summed E-state index contributed by atoms with van der Waals surface area (Å²) >= 11 is 6.00. The molecule has 0 saturated heterocycles. The van der Waals surface area contributed by atoms with Crippen LogP contribution in [-0.4, -0.2) is 25.3 Å². The third kappa shape index (κ3) is 3.51. The highest BCUT2D eigenvalue weighted by Gasteiger charge is 2.14. The Morgan fingerprint density at radius 2 is 1.90 bits per heavy atom. The number of aromatic nitrogens is 2. The van der Waals surface area contributed by atoms with Crippen molar-refractivity contribution < 1.29 is 4.21 Å². The van der Waals surface area contributed by atoms with Crippen LogP contribution in [-0.2, 0) is 17.3 Å². The van der Waals surface area contributed by atoms with Crippen LogP contribution in [0, 0.1) is 0 Å². The zero-order chi connectivity index (χ0) is 15.4. The van der Waals surface area contributed by atoms with Crippen LogP contribution in [0.5, 0.6) is 0 Å². The molecule has 1 heterocycles. The van der Waals surface area contributed by atoms with Gasteiger partial charge >= 0.3 is 5.69 Å². The minimum absolute atomic E-state index is 0.0177. The van der Waals surface area contributed by atoms with E-state index in [2.05, 4.69) is 4.98 Å². The summed E-state index contributed by atoms with van der Waals surface area (Å²) in [4.78, 5) is 26.8. The van der Waals surface area contributed by atoms with Gasteiger partial charge in [-0.3, -0.25) is 18.6 Å². The summed E-state index contributed by atoms with van der Waals surface area (Å²) in [5.41, 5.74) is -0.172. The molecule has 7 heteroatoms. The van der Waals surface area contributed by atoms with Crippen molar-refractivity contribution in [3.05, 3.63) is 56.3 Å². The molecule has 0 radical (unpaired) electrons. The Morgan fingerprint density at radius 3 is 2.52 bits per heavy atom. The second-order valence-electron chi connectivity index (χ2n) is 4.37. The summed E-state index contributed by atoms with van der Waals surface area (Å²) in [6, 6.07) is 8.89. The van der Waals surface area contributed by atoms with E-state index >= 15 is 0 Å². The van der Waals surface area contributed by atoms with Crippen LogP contribution in [0.4, 0.5) is 0 Å². The Labute approximate surface area is 129 Å². The fourth-order valence-electron chi connectivity index (χ4n) is 1.94. The van der Waals surface area contributed by atoms with Crippen molar-refractivity contribution in [2.24, 2.45) is 0 Å². The topological polar surface area (TPSA) is 71.9 Å². The van der Waals surface area contributed by atoms with Crippen LogP contribution >= 0.6 is 11.6 Å². The number of nitrogens with one attached hydrogen (secondary N) is 1. The molecule has 0 aliphatic rings. The third-order valence-electron chi connectivity index (χ3n) is 3.07. The second-order valence-corrected chi connectivity index (χ2v) is 6.62. The molecule has 1 unspecified atom stereocenters. The monoisotopic (exact) mass is 326 g/mol. The normalized spacial score (nSPS) is 12.3. The molecule has 112 valence electrons. The number of H-pyrrole nitrogens is 1. The minimum Gasteiger partial charge on any atom is -0.297 e. The molecular formula is C14H15ClN2O3S. The van der Waals surface area contributed by atoms with E-state index in [1.54, 1.807) is 31.2 Å². The largest absolute Gasteiger partial charge is 0.329 e. The predicted molar refractivity (Wildman–Crippen MR) is 85.3 cm³/mol. The maximum Gasteiger partial charge on any atom is 0.329 e. The number of rotatable bonds is 5. The van der Waals surface area contributed by atoms with Gasteiger partial charge in [0, 0.05) is 28.9 Å². The van der Waals surface area contributed by atoms with Crippen LogP contribution in [0.3, 0.4) is 0 Å². The van der Waals surface area contributed by atoms with Crippen molar-refractivity contribution >= 4 is 22.4 Å². The Bertz CT molecular complexity index is 768. The first kappa shape index (κ1) is 15.7. The Kier molecular flexibility index (Phi) is 5.14. The quantitative estimate of drug-likeness (QED) is 0.849. The van der Waals surface area contributed by atoms with Gasteiger partial charge in [-0.25, -0.2) is 4.79 Å². The summed E-state index contributed by atoms with van der Waals surface area (Å²) in [6.45, 7) is 1.89. The van der Waals surface area contributed by atoms with E-state index < -0.39 is 22.0 Å². The summed E-state index contributed by atoms with van der Waals surface area (Å²) in [7, 11) is -1.05. The molecular weight excluding hydrogens is 312 g/mol. The van der Waals surface area contributed by atoms with Gasteiger partial charge in [0.1, 0.15) is 5.15 Å². The van der Waals surface area contributed by atoms with E-state index in [0.29, 0.717) is 11.3 Å². The molecule has 0 amide bonds. The number of benzene rings is 1. The fraction of sp³-hybridized carbons (Fsp3) is 0.286. The van der Waals surface area contributed by atoms with Crippen molar-refractivity contribution in [2.75, 3.05) is 11.5 Å². The van der Waals surface area contributed by atoms with Crippen molar-refractivity contribution in [1.82, 2.24) is 9.55 Å². The van der Waals surface area contributed by atoms with Gasteiger partial charge < -0.3 is 0 Å². The van der Waals surface area contributed by atoms with E-state index in [0.717, 1.165) is 4.57 Å². The molecule has 0 bridgehead atoms.